The molecular weight excluding hydrogens is 371 g/mol. The van der Waals surface area contributed by atoms with E-state index in [9.17, 15) is 4.79 Å². The molecule has 0 unspecified atom stereocenters. The molecule has 0 aliphatic rings. The number of aryl methyl sites for hydroxylation is 1. The average molecular weight is 380 g/mol. The van der Waals surface area contributed by atoms with Crippen molar-refractivity contribution >= 4 is 56.3 Å². The first-order valence-electron chi connectivity index (χ1n) is 5.34. The van der Waals surface area contributed by atoms with E-state index in [2.05, 4.69) is 15.9 Å². The van der Waals surface area contributed by atoms with Crippen molar-refractivity contribution in [2.24, 2.45) is 0 Å². The highest BCUT2D eigenvalue weighted by molar-refractivity contribution is 9.10. The van der Waals surface area contributed by atoms with E-state index >= 15 is 0 Å². The molecule has 1 aromatic heterocycles. The van der Waals surface area contributed by atoms with E-state index in [0.29, 0.717) is 20.0 Å². The van der Waals surface area contributed by atoms with Crippen LogP contribution in [0.1, 0.15) is 15.9 Å². The summed E-state index contributed by atoms with van der Waals surface area (Å²) < 4.78 is 7.31. The van der Waals surface area contributed by atoms with E-state index in [1.807, 2.05) is 25.1 Å². The number of carbonyl (C=O) groups excluding carboxylic acids is 1. The van der Waals surface area contributed by atoms with Gasteiger partial charge in [0.1, 0.15) is 10.1 Å². The SMILES string of the molecule is Cc1ccc(Br)cc1OCC(=O)c1cc(Cl)sc1Cl. The molecule has 6 heteroatoms. The number of hydrogen-bond acceptors (Lipinski definition) is 3. The maximum absolute atomic E-state index is 12.0. The number of benzene rings is 1. The van der Waals surface area contributed by atoms with Gasteiger partial charge >= 0.3 is 0 Å². The van der Waals surface area contributed by atoms with Gasteiger partial charge in [-0.15, -0.1) is 11.3 Å². The minimum Gasteiger partial charge on any atom is -0.485 e. The number of thiophene rings is 1. The Hall–Kier alpha value is -0.550. The summed E-state index contributed by atoms with van der Waals surface area (Å²) in [4.78, 5) is 12.0. The summed E-state index contributed by atoms with van der Waals surface area (Å²) in [7, 11) is 0. The summed E-state index contributed by atoms with van der Waals surface area (Å²) in [5.74, 6) is 0.479. The van der Waals surface area contributed by atoms with Gasteiger partial charge in [0.15, 0.2) is 6.61 Å². The second-order valence-electron chi connectivity index (χ2n) is 3.86. The molecule has 1 aromatic carbocycles. The smallest absolute Gasteiger partial charge is 0.202 e. The van der Waals surface area contributed by atoms with Crippen LogP contribution in [0.15, 0.2) is 28.7 Å². The van der Waals surface area contributed by atoms with E-state index in [0.717, 1.165) is 10.0 Å². The van der Waals surface area contributed by atoms with Crippen LogP contribution in [0.2, 0.25) is 8.67 Å². The molecule has 2 nitrogen and oxygen atoms in total. The molecular formula is C13H9BrCl2O2S. The van der Waals surface area contributed by atoms with E-state index in [-0.39, 0.29) is 12.4 Å². The predicted molar refractivity (Wildman–Crippen MR) is 83.0 cm³/mol. The first-order valence-corrected chi connectivity index (χ1v) is 7.71. The monoisotopic (exact) mass is 378 g/mol. The molecule has 0 atom stereocenters. The summed E-state index contributed by atoms with van der Waals surface area (Å²) in [5.41, 5.74) is 1.37. The summed E-state index contributed by atoms with van der Waals surface area (Å²) >= 11 is 16.3. The zero-order valence-corrected chi connectivity index (χ0v) is 13.8. The molecule has 0 N–H and O–H groups in total. The molecule has 0 bridgehead atoms. The summed E-state index contributed by atoms with van der Waals surface area (Å²) in [6, 6.07) is 7.22. The fraction of sp³-hybridized carbons (Fsp3) is 0.154. The van der Waals surface area contributed by atoms with Crippen molar-refractivity contribution < 1.29 is 9.53 Å². The van der Waals surface area contributed by atoms with Crippen LogP contribution in [0.3, 0.4) is 0 Å². The minimum atomic E-state index is -0.187. The van der Waals surface area contributed by atoms with Crippen LogP contribution in [0, 0.1) is 6.92 Å². The molecule has 0 saturated heterocycles. The molecule has 0 saturated carbocycles. The number of rotatable bonds is 4. The highest BCUT2D eigenvalue weighted by Gasteiger charge is 2.15. The highest BCUT2D eigenvalue weighted by Crippen LogP contribution is 2.31. The number of hydrogen-bond donors (Lipinski definition) is 0. The molecule has 0 radical (unpaired) electrons. The Labute approximate surface area is 133 Å². The molecule has 0 fully saturated rings. The van der Waals surface area contributed by atoms with Crippen molar-refractivity contribution in [2.75, 3.05) is 6.61 Å². The second-order valence-corrected chi connectivity index (χ2v) is 7.06. The summed E-state index contributed by atoms with van der Waals surface area (Å²) in [5, 5.41) is 0. The Morgan fingerprint density at radius 3 is 2.74 bits per heavy atom. The predicted octanol–water partition coefficient (Wildman–Crippen LogP) is 5.39. The standard InChI is InChI=1S/C13H9BrCl2O2S/c1-7-2-3-8(14)4-11(7)18-6-10(17)9-5-12(15)19-13(9)16/h2-5H,6H2,1H3. The molecule has 19 heavy (non-hydrogen) atoms. The van der Waals surface area contributed by atoms with Gasteiger partial charge in [-0.2, -0.15) is 0 Å². The Balaban J connectivity index is 2.08. The number of carbonyl (C=O) groups is 1. The first-order chi connectivity index (χ1) is 8.97. The topological polar surface area (TPSA) is 26.3 Å². The van der Waals surface area contributed by atoms with Gasteiger partial charge in [0.05, 0.1) is 9.90 Å². The normalized spacial score (nSPS) is 10.5. The summed E-state index contributed by atoms with van der Waals surface area (Å²) in [6.07, 6.45) is 0. The molecule has 1 heterocycles. The van der Waals surface area contributed by atoms with Crippen molar-refractivity contribution in [1.82, 2.24) is 0 Å². The van der Waals surface area contributed by atoms with E-state index in [1.54, 1.807) is 6.07 Å². The number of ketones is 1. The lowest BCUT2D eigenvalue weighted by molar-refractivity contribution is 0.0921. The number of ether oxygens (including phenoxy) is 1. The quantitative estimate of drug-likeness (QED) is 0.666. The van der Waals surface area contributed by atoms with Crippen LogP contribution < -0.4 is 4.74 Å². The van der Waals surface area contributed by atoms with E-state index in [1.165, 1.54) is 11.3 Å². The lowest BCUT2D eigenvalue weighted by Crippen LogP contribution is -2.11. The number of Topliss-reactive ketones (excluding diaryl/α,β-unsaturated/α-hetero) is 1. The van der Waals surface area contributed by atoms with Crippen LogP contribution >= 0.6 is 50.5 Å². The zero-order chi connectivity index (χ0) is 14.0. The third kappa shape index (κ3) is 3.72. The van der Waals surface area contributed by atoms with Crippen LogP contribution in [0.25, 0.3) is 0 Å². The maximum Gasteiger partial charge on any atom is 0.202 e. The molecule has 0 spiro atoms. The van der Waals surface area contributed by atoms with Crippen molar-refractivity contribution in [1.29, 1.82) is 0 Å². The maximum atomic E-state index is 12.0. The molecule has 100 valence electrons. The largest absolute Gasteiger partial charge is 0.485 e. The summed E-state index contributed by atoms with van der Waals surface area (Å²) in [6.45, 7) is 1.85. The Bertz CT molecular complexity index is 625. The lowest BCUT2D eigenvalue weighted by atomic mass is 10.2. The molecule has 0 amide bonds. The van der Waals surface area contributed by atoms with Crippen molar-refractivity contribution in [3.05, 3.63) is 48.5 Å². The fourth-order valence-electron chi connectivity index (χ4n) is 1.48. The van der Waals surface area contributed by atoms with Gasteiger partial charge in [0, 0.05) is 4.47 Å². The first kappa shape index (κ1) is 14.9. The van der Waals surface area contributed by atoms with Gasteiger partial charge in [0.25, 0.3) is 0 Å². The fourth-order valence-corrected chi connectivity index (χ4v) is 3.32. The third-order valence-electron chi connectivity index (χ3n) is 2.47. The lowest BCUT2D eigenvalue weighted by Gasteiger charge is -2.08. The minimum absolute atomic E-state index is 0.0654. The van der Waals surface area contributed by atoms with Gasteiger partial charge in [-0.3, -0.25) is 4.79 Å². The molecule has 2 aromatic rings. The number of halogens is 3. The van der Waals surface area contributed by atoms with Gasteiger partial charge in [-0.1, -0.05) is 45.2 Å². The van der Waals surface area contributed by atoms with E-state index < -0.39 is 0 Å². The van der Waals surface area contributed by atoms with Crippen LogP contribution in [0.4, 0.5) is 0 Å². The van der Waals surface area contributed by atoms with Gasteiger partial charge < -0.3 is 4.74 Å². The second kappa shape index (κ2) is 6.27. The zero-order valence-electron chi connectivity index (χ0n) is 9.88. The van der Waals surface area contributed by atoms with Crippen molar-refractivity contribution in [3.63, 3.8) is 0 Å². The van der Waals surface area contributed by atoms with E-state index in [4.69, 9.17) is 27.9 Å². The van der Waals surface area contributed by atoms with Crippen LogP contribution in [-0.2, 0) is 0 Å². The average Bonchev–Trinajstić information content (AvgIpc) is 2.69. The Morgan fingerprint density at radius 2 is 2.11 bits per heavy atom. The molecule has 0 aliphatic carbocycles. The molecule has 0 aliphatic heterocycles. The Kier molecular flexibility index (Phi) is 4.90. The van der Waals surface area contributed by atoms with Gasteiger partial charge in [-0.05, 0) is 30.7 Å². The van der Waals surface area contributed by atoms with Crippen molar-refractivity contribution in [3.8, 4) is 5.75 Å². The van der Waals surface area contributed by atoms with Crippen molar-refractivity contribution in [2.45, 2.75) is 6.92 Å². The molecule has 2 rings (SSSR count). The van der Waals surface area contributed by atoms with Crippen LogP contribution in [-0.4, -0.2) is 12.4 Å². The highest BCUT2D eigenvalue weighted by atomic mass is 79.9. The Morgan fingerprint density at radius 1 is 1.37 bits per heavy atom. The van der Waals surface area contributed by atoms with Gasteiger partial charge in [-0.25, -0.2) is 0 Å². The third-order valence-corrected chi connectivity index (χ3v) is 4.45. The van der Waals surface area contributed by atoms with Crippen LogP contribution in [0.5, 0.6) is 5.75 Å². The van der Waals surface area contributed by atoms with Gasteiger partial charge in [0.2, 0.25) is 5.78 Å².